The van der Waals surface area contributed by atoms with Gasteiger partial charge in [-0.15, -0.1) is 23.5 Å². The molecule has 2 aromatic rings. The Kier molecular flexibility index (Phi) is 9.70. The molecule has 0 heterocycles. The van der Waals surface area contributed by atoms with E-state index in [1.165, 1.54) is 0 Å². The second-order valence-electron chi connectivity index (χ2n) is 5.54. The van der Waals surface area contributed by atoms with Gasteiger partial charge in [0, 0.05) is 54.7 Å². The van der Waals surface area contributed by atoms with Crippen LogP contribution >= 0.6 is 60.5 Å². The minimum Gasteiger partial charge on any atom is -0.398 e. The molecule has 0 fully saturated rings. The van der Waals surface area contributed by atoms with Gasteiger partial charge in [0.1, 0.15) is 0 Å². The molecule has 4 N–H and O–H groups in total. The highest BCUT2D eigenvalue weighted by Crippen LogP contribution is 2.28. The van der Waals surface area contributed by atoms with Crippen LogP contribution in [-0.4, -0.2) is 33.5 Å². The number of benzene rings is 2. The lowest BCUT2D eigenvalue weighted by atomic mass is 10.3. The van der Waals surface area contributed by atoms with Crippen molar-refractivity contribution in [1.29, 1.82) is 0 Å². The fourth-order valence-corrected chi connectivity index (χ4v) is 6.12. The molecule has 0 aromatic heterocycles. The number of hydrogen-bond donors (Lipinski definition) is 4. The van der Waals surface area contributed by atoms with Crippen molar-refractivity contribution in [2.24, 2.45) is 0 Å². The molecule has 25 heavy (non-hydrogen) atoms. The molecule has 0 amide bonds. The van der Waals surface area contributed by atoms with Crippen molar-refractivity contribution < 1.29 is 0 Å². The maximum absolute atomic E-state index is 5.97. The Morgan fingerprint density at radius 3 is 1.48 bits per heavy atom. The summed E-state index contributed by atoms with van der Waals surface area (Å²) in [7, 11) is 0. The normalized spacial score (nSPS) is 13.5. The van der Waals surface area contributed by atoms with Crippen molar-refractivity contribution in [1.82, 2.24) is 0 Å². The van der Waals surface area contributed by atoms with Gasteiger partial charge in [-0.3, -0.25) is 0 Å². The van der Waals surface area contributed by atoms with Crippen LogP contribution < -0.4 is 11.5 Å². The molecule has 0 radical (unpaired) electrons. The van der Waals surface area contributed by atoms with Crippen LogP contribution in [0.3, 0.4) is 0 Å². The van der Waals surface area contributed by atoms with Gasteiger partial charge in [-0.1, -0.05) is 24.3 Å². The van der Waals surface area contributed by atoms with E-state index >= 15 is 0 Å². The quantitative estimate of drug-likeness (QED) is 0.242. The number of anilines is 2. The molecular weight excluding hydrogens is 405 g/mol. The Morgan fingerprint density at radius 1 is 0.680 bits per heavy atom. The average molecular weight is 429 g/mol. The summed E-state index contributed by atoms with van der Waals surface area (Å²) in [6.45, 7) is 0. The van der Waals surface area contributed by atoms with E-state index in [9.17, 15) is 0 Å². The summed E-state index contributed by atoms with van der Waals surface area (Å²) in [5, 5.41) is 0.681. The summed E-state index contributed by atoms with van der Waals surface area (Å²) in [6, 6.07) is 15.9. The van der Waals surface area contributed by atoms with Gasteiger partial charge in [0.15, 0.2) is 0 Å². The van der Waals surface area contributed by atoms with Crippen LogP contribution in [0.5, 0.6) is 0 Å². The second kappa shape index (κ2) is 11.5. The van der Waals surface area contributed by atoms with Crippen molar-refractivity contribution >= 4 is 71.9 Å². The lowest BCUT2D eigenvalue weighted by molar-refractivity contribution is 1.12. The van der Waals surface area contributed by atoms with E-state index in [4.69, 9.17) is 36.7 Å². The summed E-state index contributed by atoms with van der Waals surface area (Å²) < 4.78 is 0. The molecule has 7 heteroatoms. The fraction of sp³-hybridized carbons (Fsp3) is 0.333. The van der Waals surface area contributed by atoms with E-state index in [1.807, 2.05) is 48.2 Å². The molecule has 0 spiro atoms. The molecule has 2 atom stereocenters. The number of para-hydroxylation sites is 2. The fourth-order valence-electron chi connectivity index (χ4n) is 2.03. The molecule has 0 aliphatic heterocycles. The predicted molar refractivity (Wildman–Crippen MR) is 126 cm³/mol. The van der Waals surface area contributed by atoms with Gasteiger partial charge < -0.3 is 11.5 Å². The van der Waals surface area contributed by atoms with Gasteiger partial charge in [0.25, 0.3) is 0 Å². The van der Waals surface area contributed by atoms with Gasteiger partial charge in [0.2, 0.25) is 0 Å². The maximum atomic E-state index is 5.97. The van der Waals surface area contributed by atoms with Crippen LogP contribution in [0, 0.1) is 0 Å². The van der Waals surface area contributed by atoms with E-state index < -0.39 is 0 Å². The largest absolute Gasteiger partial charge is 0.398 e. The van der Waals surface area contributed by atoms with Crippen LogP contribution in [0.4, 0.5) is 11.4 Å². The number of thioether (sulfide) groups is 3. The first-order valence-electron chi connectivity index (χ1n) is 7.94. The molecule has 0 saturated carbocycles. The molecule has 136 valence electrons. The third-order valence-electron chi connectivity index (χ3n) is 3.32. The van der Waals surface area contributed by atoms with Gasteiger partial charge in [-0.25, -0.2) is 0 Å². The first-order chi connectivity index (χ1) is 12.1. The lowest BCUT2D eigenvalue weighted by Crippen LogP contribution is -2.11. The predicted octanol–water partition coefficient (Wildman–Crippen LogP) is 5.07. The summed E-state index contributed by atoms with van der Waals surface area (Å²) in [4.78, 5) is 2.27. The van der Waals surface area contributed by atoms with E-state index in [2.05, 4.69) is 12.1 Å². The van der Waals surface area contributed by atoms with Gasteiger partial charge >= 0.3 is 0 Å². The molecule has 2 nitrogen and oxygen atoms in total. The molecule has 2 aromatic carbocycles. The number of hydrogen-bond acceptors (Lipinski definition) is 7. The smallest absolute Gasteiger partial charge is 0.0452 e. The standard InChI is InChI=1S/C18H24N2S5/c19-15-5-1-3-7-17(15)24-11-13(21)9-23-10-14(22)12-25-18-8-4-2-6-16(18)20/h1-8,13-14,21-22H,9-12,19-20H2. The zero-order valence-electron chi connectivity index (χ0n) is 13.9. The van der Waals surface area contributed by atoms with Crippen LogP contribution in [0.1, 0.15) is 0 Å². The second-order valence-corrected chi connectivity index (χ2v) is 10.2. The van der Waals surface area contributed by atoms with Crippen LogP contribution in [-0.2, 0) is 0 Å². The Balaban J connectivity index is 1.61. The molecule has 0 saturated heterocycles. The third kappa shape index (κ3) is 7.91. The number of nitrogen functional groups attached to an aromatic ring is 2. The minimum atomic E-state index is 0.340. The molecule has 0 aliphatic rings. The minimum absolute atomic E-state index is 0.340. The Morgan fingerprint density at radius 2 is 1.08 bits per heavy atom. The summed E-state index contributed by atoms with van der Waals surface area (Å²) >= 11 is 14.8. The van der Waals surface area contributed by atoms with Crippen LogP contribution in [0.25, 0.3) is 0 Å². The molecule has 0 aliphatic carbocycles. The van der Waals surface area contributed by atoms with E-state index in [-0.39, 0.29) is 0 Å². The zero-order valence-corrected chi connectivity index (χ0v) is 18.1. The topological polar surface area (TPSA) is 52.0 Å². The van der Waals surface area contributed by atoms with E-state index in [0.29, 0.717) is 10.5 Å². The summed E-state index contributed by atoms with van der Waals surface area (Å²) in [6.07, 6.45) is 0. The monoisotopic (exact) mass is 428 g/mol. The Hall–Kier alpha value is -0.210. The lowest BCUT2D eigenvalue weighted by Gasteiger charge is -2.14. The molecular formula is C18H24N2S5. The Labute approximate surface area is 174 Å². The van der Waals surface area contributed by atoms with Crippen molar-refractivity contribution in [3.05, 3.63) is 48.5 Å². The average Bonchev–Trinajstić information content (AvgIpc) is 2.60. The maximum Gasteiger partial charge on any atom is 0.0452 e. The highest BCUT2D eigenvalue weighted by Gasteiger charge is 2.10. The first kappa shape index (κ1) is 21.1. The molecule has 0 bridgehead atoms. The van der Waals surface area contributed by atoms with Crippen molar-refractivity contribution in [2.45, 2.75) is 20.3 Å². The van der Waals surface area contributed by atoms with Gasteiger partial charge in [-0.05, 0) is 24.3 Å². The van der Waals surface area contributed by atoms with Crippen molar-refractivity contribution in [3.8, 4) is 0 Å². The van der Waals surface area contributed by atoms with Crippen LogP contribution in [0.15, 0.2) is 58.3 Å². The SMILES string of the molecule is Nc1ccccc1SCC(S)CSCC(S)CSc1ccccc1N. The molecule has 2 unspecified atom stereocenters. The molecule has 2 rings (SSSR count). The zero-order chi connectivity index (χ0) is 18.1. The number of rotatable bonds is 10. The van der Waals surface area contributed by atoms with Crippen molar-refractivity contribution in [2.75, 3.05) is 34.5 Å². The number of thiol groups is 2. The van der Waals surface area contributed by atoms with Gasteiger partial charge in [-0.2, -0.15) is 37.0 Å². The number of nitrogens with two attached hydrogens (primary N) is 2. The third-order valence-corrected chi connectivity index (χ3v) is 8.82. The highest BCUT2D eigenvalue weighted by atomic mass is 32.2. The highest BCUT2D eigenvalue weighted by molar-refractivity contribution is 8.02. The van der Waals surface area contributed by atoms with Crippen LogP contribution in [0.2, 0.25) is 0 Å². The van der Waals surface area contributed by atoms with Gasteiger partial charge in [0.05, 0.1) is 0 Å². The first-order valence-corrected chi connectivity index (χ1v) is 12.1. The summed E-state index contributed by atoms with van der Waals surface area (Å²) in [5.41, 5.74) is 13.6. The Bertz CT molecular complexity index is 597. The van der Waals surface area contributed by atoms with E-state index in [1.54, 1.807) is 23.5 Å². The summed E-state index contributed by atoms with van der Waals surface area (Å²) in [5.74, 6) is 3.93. The van der Waals surface area contributed by atoms with E-state index in [0.717, 1.165) is 44.2 Å². The van der Waals surface area contributed by atoms with Crippen molar-refractivity contribution in [3.63, 3.8) is 0 Å².